The largest absolute Gasteiger partial charge is 0.506 e. The Morgan fingerprint density at radius 1 is 1.33 bits per heavy atom. The average molecular weight is 308 g/mol. The third kappa shape index (κ3) is 2.22. The van der Waals surface area contributed by atoms with E-state index in [0.29, 0.717) is 6.61 Å². The summed E-state index contributed by atoms with van der Waals surface area (Å²) >= 11 is 3.44. The molecule has 1 fully saturated rings. The Bertz CT molecular complexity index is 579. The van der Waals surface area contributed by atoms with E-state index in [1.54, 1.807) is 6.07 Å². The lowest BCUT2D eigenvalue weighted by atomic mass is 9.96. The second-order valence-electron chi connectivity index (χ2n) is 4.64. The second kappa shape index (κ2) is 4.86. The Labute approximate surface area is 114 Å². The number of hydrogen-bond donors (Lipinski definition) is 1. The average Bonchev–Trinajstić information content (AvgIpc) is 2.39. The van der Waals surface area contributed by atoms with Gasteiger partial charge in [0.05, 0.1) is 17.8 Å². The first kappa shape index (κ1) is 11.9. The molecule has 0 amide bonds. The van der Waals surface area contributed by atoms with Crippen molar-refractivity contribution in [3.8, 4) is 5.75 Å². The normalized spacial score (nSPS) is 20.2. The van der Waals surface area contributed by atoms with Crippen molar-refractivity contribution in [3.63, 3.8) is 0 Å². The van der Waals surface area contributed by atoms with Gasteiger partial charge in [-0.25, -0.2) is 4.98 Å². The standard InChI is InChI=1S/C14H14BrNO2/c15-11-4-3-9-6-13(17)14(16-12(9)7-11)10-2-1-5-18-8-10/h3-4,6-7,10,17H,1-2,5,8H2. The van der Waals surface area contributed by atoms with Gasteiger partial charge < -0.3 is 9.84 Å². The summed E-state index contributed by atoms with van der Waals surface area (Å²) in [5.74, 6) is 0.488. The topological polar surface area (TPSA) is 42.4 Å². The molecule has 18 heavy (non-hydrogen) atoms. The lowest BCUT2D eigenvalue weighted by Gasteiger charge is -2.22. The molecule has 1 N–H and O–H groups in total. The highest BCUT2D eigenvalue weighted by molar-refractivity contribution is 9.10. The van der Waals surface area contributed by atoms with Gasteiger partial charge >= 0.3 is 0 Å². The highest BCUT2D eigenvalue weighted by Crippen LogP contribution is 2.33. The van der Waals surface area contributed by atoms with Crippen LogP contribution in [0.5, 0.6) is 5.75 Å². The molecular formula is C14H14BrNO2. The Morgan fingerprint density at radius 2 is 2.22 bits per heavy atom. The minimum atomic E-state index is 0.210. The predicted molar refractivity (Wildman–Crippen MR) is 73.9 cm³/mol. The summed E-state index contributed by atoms with van der Waals surface area (Å²) in [5, 5.41) is 11.1. The summed E-state index contributed by atoms with van der Waals surface area (Å²) in [6.07, 6.45) is 2.06. The number of benzene rings is 1. The van der Waals surface area contributed by atoms with E-state index in [4.69, 9.17) is 4.74 Å². The van der Waals surface area contributed by atoms with Crippen molar-refractivity contribution >= 4 is 26.8 Å². The maximum Gasteiger partial charge on any atom is 0.138 e. The van der Waals surface area contributed by atoms with Crippen molar-refractivity contribution in [2.24, 2.45) is 0 Å². The summed E-state index contributed by atoms with van der Waals surface area (Å²) in [4.78, 5) is 4.60. The number of ether oxygens (including phenoxy) is 1. The minimum Gasteiger partial charge on any atom is -0.506 e. The number of hydrogen-bond acceptors (Lipinski definition) is 3. The van der Waals surface area contributed by atoms with E-state index in [9.17, 15) is 5.11 Å². The Hall–Kier alpha value is -1.13. The van der Waals surface area contributed by atoms with Crippen LogP contribution in [0.3, 0.4) is 0 Å². The van der Waals surface area contributed by atoms with Gasteiger partial charge in [-0.1, -0.05) is 22.0 Å². The van der Waals surface area contributed by atoms with Crippen LogP contribution >= 0.6 is 15.9 Å². The smallest absolute Gasteiger partial charge is 0.138 e. The lowest BCUT2D eigenvalue weighted by molar-refractivity contribution is 0.0786. The summed E-state index contributed by atoms with van der Waals surface area (Å²) in [6, 6.07) is 7.67. The fourth-order valence-electron chi connectivity index (χ4n) is 2.40. The molecule has 0 saturated carbocycles. The van der Waals surface area contributed by atoms with E-state index in [2.05, 4.69) is 20.9 Å². The van der Waals surface area contributed by atoms with E-state index in [1.807, 2.05) is 18.2 Å². The van der Waals surface area contributed by atoms with Crippen LogP contribution in [-0.4, -0.2) is 23.3 Å². The van der Waals surface area contributed by atoms with Gasteiger partial charge in [0.25, 0.3) is 0 Å². The monoisotopic (exact) mass is 307 g/mol. The second-order valence-corrected chi connectivity index (χ2v) is 5.56. The van der Waals surface area contributed by atoms with Crippen molar-refractivity contribution in [1.29, 1.82) is 0 Å². The third-order valence-corrected chi connectivity index (χ3v) is 3.83. The quantitative estimate of drug-likeness (QED) is 0.875. The highest BCUT2D eigenvalue weighted by Gasteiger charge is 2.21. The molecule has 3 nitrogen and oxygen atoms in total. The molecule has 2 aromatic rings. The van der Waals surface area contributed by atoms with Crippen LogP contribution < -0.4 is 0 Å². The molecule has 1 atom stereocenters. The number of nitrogens with zero attached hydrogens (tertiary/aromatic N) is 1. The van der Waals surface area contributed by atoms with E-state index < -0.39 is 0 Å². The van der Waals surface area contributed by atoms with Crippen molar-refractivity contribution in [2.45, 2.75) is 18.8 Å². The van der Waals surface area contributed by atoms with Crippen LogP contribution in [0.1, 0.15) is 24.5 Å². The van der Waals surface area contributed by atoms with Crippen LogP contribution in [-0.2, 0) is 4.74 Å². The first-order valence-corrected chi connectivity index (χ1v) is 6.90. The van der Waals surface area contributed by atoms with Gasteiger partial charge in [-0.05, 0) is 31.0 Å². The van der Waals surface area contributed by atoms with Crippen LogP contribution in [0.4, 0.5) is 0 Å². The first-order valence-electron chi connectivity index (χ1n) is 6.11. The van der Waals surface area contributed by atoms with E-state index in [-0.39, 0.29) is 11.7 Å². The van der Waals surface area contributed by atoms with Gasteiger partial charge in [0, 0.05) is 22.4 Å². The maximum atomic E-state index is 10.1. The molecule has 0 spiro atoms. The van der Waals surface area contributed by atoms with Gasteiger partial charge in [0.15, 0.2) is 0 Å². The van der Waals surface area contributed by atoms with E-state index >= 15 is 0 Å². The fraction of sp³-hybridized carbons (Fsp3) is 0.357. The number of aromatic hydroxyl groups is 1. The van der Waals surface area contributed by atoms with Gasteiger partial charge in [-0.15, -0.1) is 0 Å². The van der Waals surface area contributed by atoms with Crippen molar-refractivity contribution in [2.75, 3.05) is 13.2 Å². The van der Waals surface area contributed by atoms with E-state index in [1.165, 1.54) is 0 Å². The molecule has 1 aromatic heterocycles. The summed E-state index contributed by atoms with van der Waals surface area (Å²) in [6.45, 7) is 1.47. The maximum absolute atomic E-state index is 10.1. The summed E-state index contributed by atoms with van der Waals surface area (Å²) < 4.78 is 6.47. The van der Waals surface area contributed by atoms with Crippen molar-refractivity contribution in [3.05, 3.63) is 34.4 Å². The zero-order valence-corrected chi connectivity index (χ0v) is 11.5. The van der Waals surface area contributed by atoms with Crippen molar-refractivity contribution < 1.29 is 9.84 Å². The molecule has 1 saturated heterocycles. The number of rotatable bonds is 1. The zero-order valence-electron chi connectivity index (χ0n) is 9.90. The Balaban J connectivity index is 2.07. The van der Waals surface area contributed by atoms with Gasteiger partial charge in [0.1, 0.15) is 5.75 Å². The van der Waals surface area contributed by atoms with Crippen LogP contribution in [0.25, 0.3) is 10.9 Å². The molecule has 1 aromatic carbocycles. The van der Waals surface area contributed by atoms with Gasteiger partial charge in [-0.3, -0.25) is 0 Å². The molecular weight excluding hydrogens is 294 g/mol. The first-order chi connectivity index (χ1) is 8.74. The lowest BCUT2D eigenvalue weighted by Crippen LogP contribution is -2.16. The molecule has 4 heteroatoms. The number of aromatic nitrogens is 1. The minimum absolute atomic E-state index is 0.210. The van der Waals surface area contributed by atoms with E-state index in [0.717, 1.165) is 40.5 Å². The number of fused-ring (bicyclic) bond motifs is 1. The fourth-order valence-corrected chi connectivity index (χ4v) is 2.75. The molecule has 94 valence electrons. The van der Waals surface area contributed by atoms with Crippen LogP contribution in [0.2, 0.25) is 0 Å². The molecule has 2 heterocycles. The SMILES string of the molecule is Oc1cc2ccc(Br)cc2nc1C1CCCOC1. The molecule has 0 radical (unpaired) electrons. The summed E-state index contributed by atoms with van der Waals surface area (Å²) in [7, 11) is 0. The predicted octanol–water partition coefficient (Wildman–Crippen LogP) is 3.60. The Kier molecular flexibility index (Phi) is 3.22. The zero-order chi connectivity index (χ0) is 12.5. The van der Waals surface area contributed by atoms with Crippen LogP contribution in [0, 0.1) is 0 Å². The molecule has 1 aliphatic rings. The van der Waals surface area contributed by atoms with Crippen molar-refractivity contribution in [1.82, 2.24) is 4.98 Å². The summed E-state index contributed by atoms with van der Waals surface area (Å²) in [5.41, 5.74) is 1.67. The van der Waals surface area contributed by atoms with Crippen LogP contribution in [0.15, 0.2) is 28.7 Å². The molecule has 0 aliphatic carbocycles. The van der Waals surface area contributed by atoms with Gasteiger partial charge in [0.2, 0.25) is 0 Å². The Morgan fingerprint density at radius 3 is 3.00 bits per heavy atom. The number of pyridine rings is 1. The third-order valence-electron chi connectivity index (χ3n) is 3.34. The highest BCUT2D eigenvalue weighted by atomic mass is 79.9. The molecule has 0 bridgehead atoms. The number of halogens is 1. The molecule has 3 rings (SSSR count). The molecule has 1 unspecified atom stereocenters. The van der Waals surface area contributed by atoms with Gasteiger partial charge in [-0.2, -0.15) is 0 Å². The molecule has 1 aliphatic heterocycles.